The Morgan fingerprint density at radius 1 is 1.53 bits per heavy atom. The molecule has 0 fully saturated rings. The zero-order valence-electron chi connectivity index (χ0n) is 10.7. The monoisotopic (exact) mass is 301 g/mol. The van der Waals surface area contributed by atoms with Gasteiger partial charge in [-0.15, -0.1) is 0 Å². The molecule has 0 bridgehead atoms. The molecule has 0 aliphatic carbocycles. The van der Waals surface area contributed by atoms with E-state index in [0.29, 0.717) is 16.9 Å². The summed E-state index contributed by atoms with van der Waals surface area (Å²) in [5, 5.41) is 7.32. The van der Waals surface area contributed by atoms with Crippen LogP contribution >= 0.6 is 15.9 Å². The van der Waals surface area contributed by atoms with E-state index in [1.807, 2.05) is 6.92 Å². The maximum absolute atomic E-state index is 11.8. The Kier molecular flexibility index (Phi) is 5.68. The molecule has 1 aromatic heterocycles. The third kappa shape index (κ3) is 4.15. The SMILES string of the molecule is CCn1ncc(NCCCC(C)C)c(Br)c1=O. The van der Waals surface area contributed by atoms with Crippen LogP contribution in [0.15, 0.2) is 15.5 Å². The second kappa shape index (κ2) is 6.79. The Morgan fingerprint density at radius 3 is 2.82 bits per heavy atom. The van der Waals surface area contributed by atoms with Crippen molar-refractivity contribution in [2.24, 2.45) is 5.92 Å². The molecule has 0 unspecified atom stereocenters. The first-order valence-electron chi connectivity index (χ1n) is 6.05. The van der Waals surface area contributed by atoms with Gasteiger partial charge in [0.25, 0.3) is 5.56 Å². The summed E-state index contributed by atoms with van der Waals surface area (Å²) >= 11 is 3.32. The van der Waals surface area contributed by atoms with Gasteiger partial charge < -0.3 is 5.32 Å². The van der Waals surface area contributed by atoms with Gasteiger partial charge in [-0.05, 0) is 41.6 Å². The van der Waals surface area contributed by atoms with E-state index >= 15 is 0 Å². The summed E-state index contributed by atoms with van der Waals surface area (Å²) in [6.07, 6.45) is 3.98. The van der Waals surface area contributed by atoms with E-state index in [4.69, 9.17) is 0 Å². The highest BCUT2D eigenvalue weighted by atomic mass is 79.9. The third-order valence-corrected chi connectivity index (χ3v) is 3.32. The van der Waals surface area contributed by atoms with Crippen molar-refractivity contribution in [2.75, 3.05) is 11.9 Å². The number of aryl methyl sites for hydroxylation is 1. The Bertz CT molecular complexity index is 415. The van der Waals surface area contributed by atoms with Crippen LogP contribution in [0, 0.1) is 5.92 Å². The van der Waals surface area contributed by atoms with Crippen LogP contribution in [0.3, 0.4) is 0 Å². The van der Waals surface area contributed by atoms with E-state index in [0.717, 1.165) is 18.7 Å². The van der Waals surface area contributed by atoms with Crippen molar-refractivity contribution in [1.29, 1.82) is 0 Å². The second-order valence-electron chi connectivity index (χ2n) is 4.46. The molecule has 17 heavy (non-hydrogen) atoms. The van der Waals surface area contributed by atoms with Crippen LogP contribution in [-0.4, -0.2) is 16.3 Å². The molecule has 1 rings (SSSR count). The third-order valence-electron chi connectivity index (χ3n) is 2.56. The summed E-state index contributed by atoms with van der Waals surface area (Å²) < 4.78 is 2.00. The van der Waals surface area contributed by atoms with Crippen molar-refractivity contribution in [1.82, 2.24) is 9.78 Å². The van der Waals surface area contributed by atoms with Gasteiger partial charge >= 0.3 is 0 Å². The first-order chi connectivity index (χ1) is 8.06. The van der Waals surface area contributed by atoms with E-state index in [1.54, 1.807) is 6.20 Å². The van der Waals surface area contributed by atoms with Gasteiger partial charge in [-0.25, -0.2) is 4.68 Å². The minimum Gasteiger partial charge on any atom is -0.383 e. The van der Waals surface area contributed by atoms with E-state index < -0.39 is 0 Å². The molecule has 0 amide bonds. The average Bonchev–Trinajstić information content (AvgIpc) is 2.29. The summed E-state index contributed by atoms with van der Waals surface area (Å²) in [5.41, 5.74) is 0.699. The number of halogens is 1. The fourth-order valence-corrected chi connectivity index (χ4v) is 1.99. The van der Waals surface area contributed by atoms with Gasteiger partial charge in [-0.3, -0.25) is 4.79 Å². The fourth-order valence-electron chi connectivity index (χ4n) is 1.55. The molecular weight excluding hydrogens is 282 g/mol. The Morgan fingerprint density at radius 2 is 2.24 bits per heavy atom. The molecule has 0 aromatic carbocycles. The molecule has 4 nitrogen and oxygen atoms in total. The van der Waals surface area contributed by atoms with Gasteiger partial charge in [-0.2, -0.15) is 5.10 Å². The molecule has 0 saturated heterocycles. The molecule has 1 aromatic rings. The van der Waals surface area contributed by atoms with Crippen LogP contribution in [0.1, 0.15) is 33.6 Å². The highest BCUT2D eigenvalue weighted by Gasteiger charge is 2.07. The lowest BCUT2D eigenvalue weighted by atomic mass is 10.1. The second-order valence-corrected chi connectivity index (χ2v) is 5.25. The van der Waals surface area contributed by atoms with Crippen molar-refractivity contribution in [2.45, 2.75) is 40.2 Å². The maximum atomic E-state index is 11.8. The van der Waals surface area contributed by atoms with Crippen LogP contribution in [0.4, 0.5) is 5.69 Å². The van der Waals surface area contributed by atoms with Crippen LogP contribution < -0.4 is 10.9 Å². The molecule has 0 saturated carbocycles. The van der Waals surface area contributed by atoms with Gasteiger partial charge in [0.1, 0.15) is 4.47 Å². The number of hydrogen-bond acceptors (Lipinski definition) is 3. The van der Waals surface area contributed by atoms with Crippen LogP contribution in [0.25, 0.3) is 0 Å². The number of nitrogens with zero attached hydrogens (tertiary/aromatic N) is 2. The number of anilines is 1. The smallest absolute Gasteiger partial charge is 0.283 e. The number of nitrogens with one attached hydrogen (secondary N) is 1. The van der Waals surface area contributed by atoms with Gasteiger partial charge in [-0.1, -0.05) is 13.8 Å². The van der Waals surface area contributed by atoms with E-state index in [1.165, 1.54) is 11.1 Å². The van der Waals surface area contributed by atoms with Gasteiger partial charge in [0, 0.05) is 13.1 Å². The van der Waals surface area contributed by atoms with Gasteiger partial charge in [0.2, 0.25) is 0 Å². The molecule has 0 radical (unpaired) electrons. The Labute approximate surface area is 111 Å². The standard InChI is InChI=1S/C12H20BrN3O/c1-4-16-12(17)11(13)10(8-15-16)14-7-5-6-9(2)3/h8-9,14H,4-7H2,1-3H3. The topological polar surface area (TPSA) is 46.9 Å². The summed E-state index contributed by atoms with van der Waals surface area (Å²) in [4.78, 5) is 11.8. The predicted molar refractivity (Wildman–Crippen MR) is 74.4 cm³/mol. The lowest BCUT2D eigenvalue weighted by Gasteiger charge is -2.10. The molecule has 5 heteroatoms. The summed E-state index contributed by atoms with van der Waals surface area (Å²) in [6.45, 7) is 7.77. The molecule has 96 valence electrons. The zero-order chi connectivity index (χ0) is 12.8. The van der Waals surface area contributed by atoms with E-state index in [9.17, 15) is 4.79 Å². The predicted octanol–water partition coefficient (Wildman–Crippen LogP) is 2.87. The molecule has 0 aliphatic rings. The maximum Gasteiger partial charge on any atom is 0.283 e. The van der Waals surface area contributed by atoms with E-state index in [-0.39, 0.29) is 5.56 Å². The lowest BCUT2D eigenvalue weighted by molar-refractivity contribution is 0.566. The number of rotatable bonds is 6. The first-order valence-corrected chi connectivity index (χ1v) is 6.85. The molecular formula is C12H20BrN3O. The van der Waals surface area contributed by atoms with Crippen LogP contribution in [0.5, 0.6) is 0 Å². The molecule has 0 atom stereocenters. The zero-order valence-corrected chi connectivity index (χ0v) is 12.2. The van der Waals surface area contributed by atoms with E-state index in [2.05, 4.69) is 40.2 Å². The van der Waals surface area contributed by atoms with Crippen molar-refractivity contribution in [3.05, 3.63) is 21.0 Å². The largest absolute Gasteiger partial charge is 0.383 e. The van der Waals surface area contributed by atoms with Crippen LogP contribution in [0.2, 0.25) is 0 Å². The highest BCUT2D eigenvalue weighted by molar-refractivity contribution is 9.10. The average molecular weight is 302 g/mol. The molecule has 1 N–H and O–H groups in total. The van der Waals surface area contributed by atoms with Crippen molar-refractivity contribution >= 4 is 21.6 Å². The van der Waals surface area contributed by atoms with Crippen LogP contribution in [-0.2, 0) is 6.54 Å². The lowest BCUT2D eigenvalue weighted by Crippen LogP contribution is -2.23. The number of aromatic nitrogens is 2. The number of hydrogen-bond donors (Lipinski definition) is 1. The van der Waals surface area contributed by atoms with Crippen molar-refractivity contribution in [3.63, 3.8) is 0 Å². The molecule has 1 heterocycles. The highest BCUT2D eigenvalue weighted by Crippen LogP contribution is 2.16. The normalized spacial score (nSPS) is 10.9. The summed E-state index contributed by atoms with van der Waals surface area (Å²) in [6, 6.07) is 0. The fraction of sp³-hybridized carbons (Fsp3) is 0.667. The minimum absolute atomic E-state index is 0.0821. The molecule has 0 spiro atoms. The Hall–Kier alpha value is -0.840. The first kappa shape index (κ1) is 14.2. The minimum atomic E-state index is -0.0821. The summed E-state index contributed by atoms with van der Waals surface area (Å²) in [5.74, 6) is 0.714. The van der Waals surface area contributed by atoms with Crippen molar-refractivity contribution in [3.8, 4) is 0 Å². The molecule has 0 aliphatic heterocycles. The van der Waals surface area contributed by atoms with Crippen molar-refractivity contribution < 1.29 is 0 Å². The Balaban J connectivity index is 2.61. The van der Waals surface area contributed by atoms with Gasteiger partial charge in [0.05, 0.1) is 11.9 Å². The summed E-state index contributed by atoms with van der Waals surface area (Å²) in [7, 11) is 0. The quantitative estimate of drug-likeness (QED) is 0.822. The van der Waals surface area contributed by atoms with Gasteiger partial charge in [0.15, 0.2) is 0 Å².